The van der Waals surface area contributed by atoms with Gasteiger partial charge in [0.2, 0.25) is 0 Å². The SMILES string of the molecule is CC(C)[C@@H]1CC[C@@H](C)C[C@@H]1NCCCCCc1[nH]nc(N)c1C#N. The first-order valence-electron chi connectivity index (χ1n) is 9.49. The number of anilines is 1. The van der Waals surface area contributed by atoms with E-state index in [9.17, 15) is 0 Å². The van der Waals surface area contributed by atoms with E-state index in [1.807, 2.05) is 0 Å². The number of hydrogen-bond acceptors (Lipinski definition) is 4. The van der Waals surface area contributed by atoms with Crippen molar-refractivity contribution < 1.29 is 0 Å². The molecule has 0 aliphatic heterocycles. The molecule has 0 aromatic carbocycles. The highest BCUT2D eigenvalue weighted by molar-refractivity contribution is 5.50. The van der Waals surface area contributed by atoms with Gasteiger partial charge in [0, 0.05) is 6.04 Å². The number of nitrogens with zero attached hydrogens (tertiary/aromatic N) is 2. The van der Waals surface area contributed by atoms with Gasteiger partial charge in [0.25, 0.3) is 0 Å². The number of aryl methyl sites for hydroxylation is 1. The van der Waals surface area contributed by atoms with Gasteiger partial charge in [-0.05, 0) is 56.4 Å². The van der Waals surface area contributed by atoms with Crippen LogP contribution < -0.4 is 11.1 Å². The molecule has 4 N–H and O–H groups in total. The molecule has 2 rings (SSSR count). The lowest BCUT2D eigenvalue weighted by molar-refractivity contribution is 0.170. The van der Waals surface area contributed by atoms with Crippen molar-refractivity contribution in [2.75, 3.05) is 12.3 Å². The van der Waals surface area contributed by atoms with E-state index < -0.39 is 0 Å². The predicted molar refractivity (Wildman–Crippen MR) is 98.4 cm³/mol. The first-order chi connectivity index (χ1) is 11.5. The number of nitrogens with two attached hydrogens (primary N) is 1. The second kappa shape index (κ2) is 9.08. The van der Waals surface area contributed by atoms with Gasteiger partial charge in [-0.3, -0.25) is 5.10 Å². The minimum atomic E-state index is 0.320. The largest absolute Gasteiger partial charge is 0.381 e. The molecule has 1 fully saturated rings. The molecule has 1 aromatic heterocycles. The highest BCUT2D eigenvalue weighted by Crippen LogP contribution is 2.33. The summed E-state index contributed by atoms with van der Waals surface area (Å²) < 4.78 is 0. The lowest BCUT2D eigenvalue weighted by atomic mass is 9.74. The van der Waals surface area contributed by atoms with E-state index in [4.69, 9.17) is 11.0 Å². The number of nitrogens with one attached hydrogen (secondary N) is 2. The number of nitrogen functional groups attached to an aromatic ring is 1. The topological polar surface area (TPSA) is 90.5 Å². The first kappa shape index (κ1) is 18.8. The van der Waals surface area contributed by atoms with Crippen molar-refractivity contribution in [1.82, 2.24) is 15.5 Å². The maximum absolute atomic E-state index is 9.06. The second-order valence-electron chi connectivity index (χ2n) is 7.77. The van der Waals surface area contributed by atoms with Gasteiger partial charge in [0.1, 0.15) is 11.6 Å². The number of unbranched alkanes of at least 4 members (excludes halogenated alkanes) is 2. The Balaban J connectivity index is 1.66. The molecule has 0 amide bonds. The number of H-pyrrole nitrogens is 1. The Morgan fingerprint density at radius 1 is 1.33 bits per heavy atom. The van der Waals surface area contributed by atoms with Crippen LogP contribution in [0.3, 0.4) is 0 Å². The molecule has 0 radical (unpaired) electrons. The van der Waals surface area contributed by atoms with E-state index in [1.54, 1.807) is 0 Å². The fourth-order valence-electron chi connectivity index (χ4n) is 4.03. The molecule has 1 heterocycles. The molecule has 0 spiro atoms. The highest BCUT2D eigenvalue weighted by Gasteiger charge is 2.29. The van der Waals surface area contributed by atoms with Gasteiger partial charge in [-0.15, -0.1) is 0 Å². The van der Waals surface area contributed by atoms with E-state index in [0.717, 1.165) is 49.3 Å². The zero-order valence-electron chi connectivity index (χ0n) is 15.4. The molecule has 24 heavy (non-hydrogen) atoms. The molecule has 5 nitrogen and oxygen atoms in total. The van der Waals surface area contributed by atoms with Gasteiger partial charge < -0.3 is 11.1 Å². The molecule has 1 aliphatic rings. The Morgan fingerprint density at radius 2 is 2.12 bits per heavy atom. The zero-order chi connectivity index (χ0) is 17.5. The molecule has 0 bridgehead atoms. The molecule has 0 unspecified atom stereocenters. The summed E-state index contributed by atoms with van der Waals surface area (Å²) in [6.07, 6.45) is 8.33. The van der Waals surface area contributed by atoms with Crippen molar-refractivity contribution in [3.8, 4) is 6.07 Å². The molecule has 1 aliphatic carbocycles. The van der Waals surface area contributed by atoms with E-state index in [1.165, 1.54) is 25.7 Å². The van der Waals surface area contributed by atoms with Crippen molar-refractivity contribution in [3.05, 3.63) is 11.3 Å². The minimum absolute atomic E-state index is 0.320. The number of rotatable bonds is 8. The summed E-state index contributed by atoms with van der Waals surface area (Å²) >= 11 is 0. The van der Waals surface area contributed by atoms with Gasteiger partial charge >= 0.3 is 0 Å². The maximum atomic E-state index is 9.06. The summed E-state index contributed by atoms with van der Waals surface area (Å²) in [7, 11) is 0. The van der Waals surface area contributed by atoms with Crippen LogP contribution in [-0.4, -0.2) is 22.8 Å². The number of aromatic amines is 1. The van der Waals surface area contributed by atoms with Gasteiger partial charge in [-0.25, -0.2) is 0 Å². The fourth-order valence-corrected chi connectivity index (χ4v) is 4.03. The standard InChI is InChI=1S/C19H33N5/c1-13(2)15-9-8-14(3)11-18(15)22-10-6-4-5-7-17-16(12-20)19(21)24-23-17/h13-15,18,22H,4-11H2,1-3H3,(H3,21,23,24)/t14-,15+,18+/m1/s1. The predicted octanol–water partition coefficient (Wildman–Crippen LogP) is 3.63. The molecule has 3 atom stereocenters. The summed E-state index contributed by atoms with van der Waals surface area (Å²) in [6, 6.07) is 2.81. The van der Waals surface area contributed by atoms with Crippen LogP contribution in [0.5, 0.6) is 0 Å². The van der Waals surface area contributed by atoms with Crippen LogP contribution in [-0.2, 0) is 6.42 Å². The van der Waals surface area contributed by atoms with Crippen LogP contribution >= 0.6 is 0 Å². The van der Waals surface area contributed by atoms with E-state index in [-0.39, 0.29) is 0 Å². The van der Waals surface area contributed by atoms with Crippen LogP contribution in [0.15, 0.2) is 0 Å². The molecule has 134 valence electrons. The lowest BCUT2D eigenvalue weighted by Crippen LogP contribution is -2.43. The molecule has 1 aromatic rings. The Morgan fingerprint density at radius 3 is 2.83 bits per heavy atom. The third-order valence-corrected chi connectivity index (χ3v) is 5.51. The van der Waals surface area contributed by atoms with Gasteiger partial charge in [-0.2, -0.15) is 10.4 Å². The summed E-state index contributed by atoms with van der Waals surface area (Å²) in [5.74, 6) is 2.77. The number of nitriles is 1. The Bertz CT molecular complexity index is 542. The van der Waals surface area contributed by atoms with Crippen LogP contribution in [0.4, 0.5) is 5.82 Å². The molecular formula is C19H33N5. The van der Waals surface area contributed by atoms with Crippen molar-refractivity contribution in [3.63, 3.8) is 0 Å². The Labute approximate surface area is 146 Å². The molecular weight excluding hydrogens is 298 g/mol. The van der Waals surface area contributed by atoms with Crippen LogP contribution in [0.1, 0.15) is 70.6 Å². The monoisotopic (exact) mass is 331 g/mol. The maximum Gasteiger partial charge on any atom is 0.163 e. The average molecular weight is 332 g/mol. The quantitative estimate of drug-likeness (QED) is 0.634. The van der Waals surface area contributed by atoms with Crippen molar-refractivity contribution in [1.29, 1.82) is 5.26 Å². The van der Waals surface area contributed by atoms with Gasteiger partial charge in [0.15, 0.2) is 5.82 Å². The van der Waals surface area contributed by atoms with E-state index in [0.29, 0.717) is 17.4 Å². The van der Waals surface area contributed by atoms with Gasteiger partial charge in [-0.1, -0.05) is 33.6 Å². The lowest BCUT2D eigenvalue weighted by Gasteiger charge is -2.38. The molecule has 1 saturated carbocycles. The summed E-state index contributed by atoms with van der Waals surface area (Å²) in [5.41, 5.74) is 7.06. The van der Waals surface area contributed by atoms with Gasteiger partial charge in [0.05, 0.1) is 5.69 Å². The minimum Gasteiger partial charge on any atom is -0.381 e. The van der Waals surface area contributed by atoms with Crippen LogP contribution in [0.25, 0.3) is 0 Å². The van der Waals surface area contributed by atoms with Crippen LogP contribution in [0, 0.1) is 29.1 Å². The van der Waals surface area contributed by atoms with Crippen molar-refractivity contribution >= 4 is 5.82 Å². The third kappa shape index (κ3) is 4.98. The first-order valence-corrected chi connectivity index (χ1v) is 9.49. The number of aromatic nitrogens is 2. The van der Waals surface area contributed by atoms with E-state index >= 15 is 0 Å². The highest BCUT2D eigenvalue weighted by atomic mass is 15.2. The molecule has 5 heteroatoms. The van der Waals surface area contributed by atoms with Crippen molar-refractivity contribution in [2.24, 2.45) is 17.8 Å². The van der Waals surface area contributed by atoms with Crippen molar-refractivity contribution in [2.45, 2.75) is 71.8 Å². The summed E-state index contributed by atoms with van der Waals surface area (Å²) in [5, 5.41) is 19.7. The summed E-state index contributed by atoms with van der Waals surface area (Å²) in [4.78, 5) is 0. The zero-order valence-corrected chi connectivity index (χ0v) is 15.4. The van der Waals surface area contributed by atoms with E-state index in [2.05, 4.69) is 42.4 Å². The summed E-state index contributed by atoms with van der Waals surface area (Å²) in [6.45, 7) is 8.20. The normalized spacial score (nSPS) is 24.2. The Hall–Kier alpha value is -1.54. The third-order valence-electron chi connectivity index (χ3n) is 5.51. The number of hydrogen-bond donors (Lipinski definition) is 3. The van der Waals surface area contributed by atoms with Crippen LogP contribution in [0.2, 0.25) is 0 Å². The fraction of sp³-hybridized carbons (Fsp3) is 0.789. The second-order valence-corrected chi connectivity index (χ2v) is 7.77. The molecule has 0 saturated heterocycles. The average Bonchev–Trinajstić information content (AvgIpc) is 2.90. The Kier molecular flexibility index (Phi) is 7.11. The smallest absolute Gasteiger partial charge is 0.163 e.